The van der Waals surface area contributed by atoms with Crippen molar-refractivity contribution in [1.29, 1.82) is 0 Å². The van der Waals surface area contributed by atoms with Crippen LogP contribution in [0.15, 0.2) is 53.5 Å². The van der Waals surface area contributed by atoms with Crippen molar-refractivity contribution in [3.05, 3.63) is 70.0 Å². The Hall–Kier alpha value is -3.26. The molecule has 8 heteroatoms. The largest absolute Gasteiger partial charge is 0.619 e. The number of hydrogen-bond acceptors (Lipinski definition) is 5. The lowest BCUT2D eigenvalue weighted by atomic mass is 10.2. The van der Waals surface area contributed by atoms with E-state index >= 15 is 0 Å². The minimum absolute atomic E-state index is 0.230. The number of thiophene rings is 1. The zero-order chi connectivity index (χ0) is 17.9. The number of aromatic nitrogens is 4. The third-order valence-electron chi connectivity index (χ3n) is 4.00. The Morgan fingerprint density at radius 3 is 3.04 bits per heavy atom. The molecule has 0 bridgehead atoms. The van der Waals surface area contributed by atoms with E-state index in [0.29, 0.717) is 41.2 Å². The van der Waals surface area contributed by atoms with Crippen LogP contribution in [-0.4, -0.2) is 27.4 Å². The highest BCUT2D eigenvalue weighted by Gasteiger charge is 2.15. The van der Waals surface area contributed by atoms with Crippen molar-refractivity contribution in [3.63, 3.8) is 0 Å². The van der Waals surface area contributed by atoms with Crippen LogP contribution < -0.4 is 10.0 Å². The van der Waals surface area contributed by atoms with Gasteiger partial charge in [0, 0.05) is 35.8 Å². The van der Waals surface area contributed by atoms with Crippen molar-refractivity contribution in [3.8, 4) is 11.4 Å². The molecule has 0 aliphatic heterocycles. The normalized spacial score (nSPS) is 10.9. The number of fused-ring (bicyclic) bond motifs is 1. The van der Waals surface area contributed by atoms with Gasteiger partial charge in [-0.2, -0.15) is 16.1 Å². The average molecular weight is 365 g/mol. The number of imidazole rings is 1. The van der Waals surface area contributed by atoms with Crippen LogP contribution in [0.4, 0.5) is 0 Å². The maximum atomic E-state index is 12.6. The molecule has 130 valence electrons. The van der Waals surface area contributed by atoms with E-state index in [0.717, 1.165) is 10.3 Å². The summed E-state index contributed by atoms with van der Waals surface area (Å²) in [5, 5.41) is 18.4. The number of nitrogens with one attached hydrogen (secondary N) is 2. The molecule has 0 aliphatic carbocycles. The molecule has 0 spiro atoms. The Morgan fingerprint density at radius 2 is 2.23 bits per heavy atom. The number of amides is 1. The topological polar surface area (TPSA) is 97.6 Å². The van der Waals surface area contributed by atoms with Gasteiger partial charge in [-0.25, -0.2) is 9.97 Å². The third kappa shape index (κ3) is 3.14. The fourth-order valence-corrected chi connectivity index (χ4v) is 3.33. The number of carbonyl (C=O) groups is 1. The van der Waals surface area contributed by atoms with Crippen molar-refractivity contribution in [1.82, 2.24) is 20.3 Å². The Kier molecular flexibility index (Phi) is 4.32. The number of nitrogens with zero attached hydrogens (tertiary/aromatic N) is 3. The SMILES string of the molecule is O=C(NCCc1cccc[n+]1[O-])c1ccnc2nc(-c3ccsc3)[nH]c12. The molecule has 4 aromatic heterocycles. The average Bonchev–Trinajstić information content (AvgIpc) is 3.32. The van der Waals surface area contributed by atoms with Gasteiger partial charge in [0.1, 0.15) is 5.82 Å². The van der Waals surface area contributed by atoms with Crippen LogP contribution >= 0.6 is 11.3 Å². The summed E-state index contributed by atoms with van der Waals surface area (Å²) in [6.07, 6.45) is 3.46. The summed E-state index contributed by atoms with van der Waals surface area (Å²) in [6, 6.07) is 8.83. The first-order valence-corrected chi connectivity index (χ1v) is 8.99. The molecular formula is C18H15N5O2S. The van der Waals surface area contributed by atoms with Gasteiger partial charge < -0.3 is 15.5 Å². The molecule has 4 heterocycles. The highest BCUT2D eigenvalue weighted by Crippen LogP contribution is 2.23. The summed E-state index contributed by atoms with van der Waals surface area (Å²) in [6.45, 7) is 0.362. The molecule has 0 unspecified atom stereocenters. The quantitative estimate of drug-likeness (QED) is 0.419. The van der Waals surface area contributed by atoms with Crippen LogP contribution in [0.1, 0.15) is 16.1 Å². The minimum Gasteiger partial charge on any atom is -0.619 e. The van der Waals surface area contributed by atoms with E-state index in [1.165, 1.54) is 6.20 Å². The molecule has 7 nitrogen and oxygen atoms in total. The molecule has 0 aromatic carbocycles. The smallest absolute Gasteiger partial charge is 0.253 e. The van der Waals surface area contributed by atoms with Gasteiger partial charge in [0.25, 0.3) is 5.91 Å². The number of aromatic amines is 1. The lowest BCUT2D eigenvalue weighted by Gasteiger charge is -2.06. The summed E-state index contributed by atoms with van der Waals surface area (Å²) in [7, 11) is 0. The second-order valence-corrected chi connectivity index (χ2v) is 6.46. The van der Waals surface area contributed by atoms with E-state index in [9.17, 15) is 10.0 Å². The minimum atomic E-state index is -0.230. The second-order valence-electron chi connectivity index (χ2n) is 5.68. The third-order valence-corrected chi connectivity index (χ3v) is 4.69. The van der Waals surface area contributed by atoms with E-state index < -0.39 is 0 Å². The Morgan fingerprint density at radius 1 is 1.31 bits per heavy atom. The fraction of sp³-hybridized carbons (Fsp3) is 0.111. The first-order valence-electron chi connectivity index (χ1n) is 8.05. The van der Waals surface area contributed by atoms with Gasteiger partial charge in [0.2, 0.25) is 0 Å². The molecule has 0 fully saturated rings. The lowest BCUT2D eigenvalue weighted by molar-refractivity contribution is -0.613. The monoisotopic (exact) mass is 365 g/mol. The van der Waals surface area contributed by atoms with Crippen LogP contribution in [-0.2, 0) is 6.42 Å². The van der Waals surface area contributed by atoms with Gasteiger partial charge in [0.15, 0.2) is 17.5 Å². The summed E-state index contributed by atoms with van der Waals surface area (Å²) in [5.41, 5.74) is 3.15. The molecule has 1 amide bonds. The van der Waals surface area contributed by atoms with Gasteiger partial charge in [-0.3, -0.25) is 4.79 Å². The molecule has 0 saturated heterocycles. The van der Waals surface area contributed by atoms with E-state index in [2.05, 4.69) is 20.3 Å². The van der Waals surface area contributed by atoms with Gasteiger partial charge in [-0.05, 0) is 17.5 Å². The molecule has 0 aliphatic rings. The number of hydrogen-bond donors (Lipinski definition) is 2. The van der Waals surface area contributed by atoms with Crippen molar-refractivity contribution in [2.24, 2.45) is 0 Å². The zero-order valence-electron chi connectivity index (χ0n) is 13.7. The zero-order valence-corrected chi connectivity index (χ0v) is 14.5. The highest BCUT2D eigenvalue weighted by molar-refractivity contribution is 7.08. The summed E-state index contributed by atoms with van der Waals surface area (Å²) in [5.74, 6) is 0.456. The molecule has 4 rings (SSSR count). The maximum absolute atomic E-state index is 12.6. The maximum Gasteiger partial charge on any atom is 0.253 e. The summed E-state index contributed by atoms with van der Waals surface area (Å²) >= 11 is 1.58. The van der Waals surface area contributed by atoms with Crippen molar-refractivity contribution >= 4 is 28.4 Å². The van der Waals surface area contributed by atoms with Crippen molar-refractivity contribution in [2.45, 2.75) is 6.42 Å². The molecule has 0 radical (unpaired) electrons. The number of carbonyl (C=O) groups excluding carboxylic acids is 1. The number of pyridine rings is 2. The van der Waals surface area contributed by atoms with Crippen molar-refractivity contribution in [2.75, 3.05) is 6.54 Å². The number of rotatable bonds is 5. The van der Waals surface area contributed by atoms with E-state index in [-0.39, 0.29) is 5.91 Å². The summed E-state index contributed by atoms with van der Waals surface area (Å²) < 4.78 is 0.804. The predicted molar refractivity (Wildman–Crippen MR) is 98.6 cm³/mol. The van der Waals surface area contributed by atoms with Crippen LogP contribution in [0.3, 0.4) is 0 Å². The highest BCUT2D eigenvalue weighted by atomic mass is 32.1. The standard InChI is InChI=1S/C18H15N5O2S/c24-18(20-7-4-13-3-1-2-9-23(13)25)14-5-8-19-17-15(14)21-16(22-17)12-6-10-26-11-12/h1-3,5-6,8-11H,4,7H2,(H,20,24)(H,19,21,22). The molecule has 0 saturated carbocycles. The molecule has 4 aromatic rings. The van der Waals surface area contributed by atoms with Crippen LogP contribution in [0.25, 0.3) is 22.6 Å². The number of H-pyrrole nitrogens is 1. The van der Waals surface area contributed by atoms with Gasteiger partial charge >= 0.3 is 0 Å². The summed E-state index contributed by atoms with van der Waals surface area (Å²) in [4.78, 5) is 24.4. The lowest BCUT2D eigenvalue weighted by Crippen LogP contribution is -2.34. The van der Waals surface area contributed by atoms with Crippen LogP contribution in [0.5, 0.6) is 0 Å². The van der Waals surface area contributed by atoms with Crippen molar-refractivity contribution < 1.29 is 9.52 Å². The molecular weight excluding hydrogens is 350 g/mol. The Labute approximate surface area is 153 Å². The first-order chi connectivity index (χ1) is 12.7. The van der Waals surface area contributed by atoms with E-state index in [1.54, 1.807) is 41.8 Å². The van der Waals surface area contributed by atoms with Crippen LogP contribution in [0, 0.1) is 5.21 Å². The van der Waals surface area contributed by atoms with Crippen LogP contribution in [0.2, 0.25) is 0 Å². The van der Waals surface area contributed by atoms with Gasteiger partial charge in [0.05, 0.1) is 17.5 Å². The molecule has 0 atom stereocenters. The van der Waals surface area contributed by atoms with E-state index in [1.807, 2.05) is 16.8 Å². The second kappa shape index (κ2) is 6.93. The first kappa shape index (κ1) is 16.2. The Bertz CT molecular complexity index is 1060. The molecule has 2 N–H and O–H groups in total. The fourth-order valence-electron chi connectivity index (χ4n) is 2.69. The van der Waals surface area contributed by atoms with Gasteiger partial charge in [-0.15, -0.1) is 0 Å². The van der Waals surface area contributed by atoms with E-state index in [4.69, 9.17) is 0 Å². The Balaban J connectivity index is 1.52. The predicted octanol–water partition coefficient (Wildman–Crippen LogP) is 2.29. The molecule has 26 heavy (non-hydrogen) atoms. The van der Waals surface area contributed by atoms with Gasteiger partial charge in [-0.1, -0.05) is 6.07 Å².